The molecule has 1 heterocycles. The van der Waals surface area contributed by atoms with Crippen molar-refractivity contribution in [3.05, 3.63) is 22.9 Å². The van der Waals surface area contributed by atoms with E-state index in [9.17, 15) is 4.79 Å². The predicted molar refractivity (Wildman–Crippen MR) is 76.1 cm³/mol. The first-order chi connectivity index (χ1) is 9.15. The summed E-state index contributed by atoms with van der Waals surface area (Å²) in [5.41, 5.74) is 9.30. The Balaban J connectivity index is 2.20. The molecule has 0 aliphatic heterocycles. The Labute approximate surface area is 114 Å². The van der Waals surface area contributed by atoms with E-state index in [1.54, 1.807) is 0 Å². The zero-order valence-electron chi connectivity index (χ0n) is 11.7. The average molecular weight is 262 g/mol. The van der Waals surface area contributed by atoms with Crippen molar-refractivity contribution in [3.8, 4) is 0 Å². The number of nitrogens with zero attached hydrogens (tertiary/aromatic N) is 2. The first kappa shape index (κ1) is 13.8. The zero-order valence-corrected chi connectivity index (χ0v) is 11.7. The van der Waals surface area contributed by atoms with Crippen molar-refractivity contribution >= 4 is 11.7 Å². The van der Waals surface area contributed by atoms with E-state index in [1.807, 2.05) is 18.9 Å². The van der Waals surface area contributed by atoms with Gasteiger partial charge in [0.2, 0.25) is 5.91 Å². The maximum atomic E-state index is 11.6. The van der Waals surface area contributed by atoms with Gasteiger partial charge in [-0.2, -0.15) is 0 Å². The van der Waals surface area contributed by atoms with E-state index < -0.39 is 0 Å². The minimum Gasteiger partial charge on any atom is -0.355 e. The number of nitrogens with one attached hydrogen (secondary N) is 1. The highest BCUT2D eigenvalue weighted by molar-refractivity contribution is 5.81. The quantitative estimate of drug-likeness (QED) is 0.815. The van der Waals surface area contributed by atoms with E-state index in [-0.39, 0.29) is 5.91 Å². The van der Waals surface area contributed by atoms with Gasteiger partial charge in [-0.05, 0) is 37.8 Å². The molecule has 3 N–H and O–H groups in total. The number of pyridine rings is 1. The van der Waals surface area contributed by atoms with Crippen LogP contribution in [0.1, 0.15) is 30.2 Å². The van der Waals surface area contributed by atoms with Gasteiger partial charge in [-0.25, -0.2) is 4.98 Å². The Morgan fingerprint density at radius 2 is 2.32 bits per heavy atom. The monoisotopic (exact) mass is 262 g/mol. The Bertz CT molecular complexity index is 473. The van der Waals surface area contributed by atoms with Crippen LogP contribution >= 0.6 is 0 Å². The van der Waals surface area contributed by atoms with Crippen LogP contribution in [0.3, 0.4) is 0 Å². The lowest BCUT2D eigenvalue weighted by Gasteiger charge is -2.21. The van der Waals surface area contributed by atoms with Crippen molar-refractivity contribution in [2.75, 3.05) is 25.0 Å². The molecule has 19 heavy (non-hydrogen) atoms. The normalized spacial score (nSPS) is 13.2. The second-order valence-electron chi connectivity index (χ2n) is 4.94. The number of likely N-dealkylation sites (N-methyl/N-ethyl adjacent to an activating group) is 2. The number of hydrogen-bond acceptors (Lipinski definition) is 4. The molecular formula is C14H22N4O. The van der Waals surface area contributed by atoms with Gasteiger partial charge < -0.3 is 16.0 Å². The molecule has 1 aliphatic carbocycles. The number of carbonyl (C=O) groups is 1. The first-order valence-electron chi connectivity index (χ1n) is 6.85. The lowest BCUT2D eigenvalue weighted by atomic mass is 10.1. The Kier molecular flexibility index (Phi) is 4.37. The number of aryl methyl sites for hydroxylation is 2. The third-order valence-corrected chi connectivity index (χ3v) is 3.44. The number of hydrogen-bond donors (Lipinski definition) is 2. The Hall–Kier alpha value is -1.62. The Morgan fingerprint density at radius 3 is 3.00 bits per heavy atom. The first-order valence-corrected chi connectivity index (χ1v) is 6.85. The van der Waals surface area contributed by atoms with Gasteiger partial charge in [-0.3, -0.25) is 4.79 Å². The molecule has 0 spiro atoms. The summed E-state index contributed by atoms with van der Waals surface area (Å²) in [6, 6.07) is 2.15. The van der Waals surface area contributed by atoms with Crippen LogP contribution in [0.15, 0.2) is 6.07 Å². The van der Waals surface area contributed by atoms with Gasteiger partial charge in [0.15, 0.2) is 0 Å². The lowest BCUT2D eigenvalue weighted by molar-refractivity contribution is -0.119. The molecule has 0 bridgehead atoms. The number of anilines is 1. The summed E-state index contributed by atoms with van der Waals surface area (Å²) in [6.07, 6.45) is 3.29. The molecule has 104 valence electrons. The molecule has 0 radical (unpaired) electrons. The predicted octanol–water partition coefficient (Wildman–Crippen LogP) is 0.601. The van der Waals surface area contributed by atoms with E-state index >= 15 is 0 Å². The fraction of sp³-hybridized carbons (Fsp3) is 0.571. The van der Waals surface area contributed by atoms with Crippen LogP contribution in [0.4, 0.5) is 5.82 Å². The second-order valence-corrected chi connectivity index (χ2v) is 4.94. The summed E-state index contributed by atoms with van der Waals surface area (Å²) >= 11 is 0. The van der Waals surface area contributed by atoms with Gasteiger partial charge in [0.05, 0.1) is 6.54 Å². The summed E-state index contributed by atoms with van der Waals surface area (Å²) < 4.78 is 0. The highest BCUT2D eigenvalue weighted by Crippen LogP contribution is 2.26. The number of amides is 1. The molecule has 5 heteroatoms. The third-order valence-electron chi connectivity index (χ3n) is 3.44. The molecule has 1 aliphatic rings. The maximum Gasteiger partial charge on any atom is 0.239 e. The van der Waals surface area contributed by atoms with Crippen LogP contribution < -0.4 is 16.0 Å². The molecule has 2 rings (SSSR count). The number of nitrogens with two attached hydrogens (primary N) is 1. The molecule has 0 fully saturated rings. The van der Waals surface area contributed by atoms with Crippen molar-refractivity contribution in [1.29, 1.82) is 0 Å². The van der Waals surface area contributed by atoms with Crippen molar-refractivity contribution < 1.29 is 4.79 Å². The summed E-state index contributed by atoms with van der Waals surface area (Å²) in [6.45, 7) is 3.33. The Morgan fingerprint density at radius 1 is 1.53 bits per heavy atom. The van der Waals surface area contributed by atoms with E-state index in [4.69, 9.17) is 10.7 Å². The van der Waals surface area contributed by atoms with Gasteiger partial charge in [-0.1, -0.05) is 0 Å². The molecule has 0 saturated carbocycles. The van der Waals surface area contributed by atoms with Crippen LogP contribution in [0.25, 0.3) is 0 Å². The van der Waals surface area contributed by atoms with Crippen LogP contribution in [0, 0.1) is 0 Å². The fourth-order valence-electron chi connectivity index (χ4n) is 2.53. The number of carbonyl (C=O) groups excluding carboxylic acids is 1. The molecule has 1 aromatic heterocycles. The maximum absolute atomic E-state index is 11.6. The summed E-state index contributed by atoms with van der Waals surface area (Å²) in [4.78, 5) is 18.2. The number of rotatable bonds is 5. The smallest absolute Gasteiger partial charge is 0.239 e. The highest BCUT2D eigenvalue weighted by atomic mass is 16.2. The lowest BCUT2D eigenvalue weighted by Crippen LogP contribution is -2.36. The largest absolute Gasteiger partial charge is 0.355 e. The fourth-order valence-corrected chi connectivity index (χ4v) is 2.53. The minimum atomic E-state index is 0.00951. The van der Waals surface area contributed by atoms with Crippen LogP contribution in [0.5, 0.6) is 0 Å². The van der Waals surface area contributed by atoms with Crippen LogP contribution in [-0.2, 0) is 24.2 Å². The summed E-state index contributed by atoms with van der Waals surface area (Å²) in [5.74, 6) is 0.852. The third kappa shape index (κ3) is 3.04. The standard InChI is InChI=1S/C14H22N4O/c1-3-16-13(19)9-18(2)14-11(8-15)7-10-5-4-6-12(10)17-14/h7H,3-6,8-9,15H2,1-2H3,(H,16,19). The van der Waals surface area contributed by atoms with Gasteiger partial charge >= 0.3 is 0 Å². The molecule has 1 amide bonds. The molecule has 0 aromatic carbocycles. The van der Waals surface area contributed by atoms with Gasteiger partial charge in [0.25, 0.3) is 0 Å². The topological polar surface area (TPSA) is 71.2 Å². The van der Waals surface area contributed by atoms with Crippen LogP contribution in [-0.4, -0.2) is 31.0 Å². The van der Waals surface area contributed by atoms with Gasteiger partial charge in [0, 0.05) is 31.4 Å². The van der Waals surface area contributed by atoms with Gasteiger partial charge in [-0.15, -0.1) is 0 Å². The average Bonchev–Trinajstić information content (AvgIpc) is 2.84. The summed E-state index contributed by atoms with van der Waals surface area (Å²) in [5, 5.41) is 2.80. The molecule has 0 unspecified atom stereocenters. The van der Waals surface area contributed by atoms with Crippen molar-refractivity contribution in [3.63, 3.8) is 0 Å². The molecule has 0 saturated heterocycles. The molecular weight excluding hydrogens is 240 g/mol. The van der Waals surface area contributed by atoms with Crippen molar-refractivity contribution in [2.24, 2.45) is 5.73 Å². The SMILES string of the molecule is CCNC(=O)CN(C)c1nc2c(cc1CN)CCC2. The number of aromatic nitrogens is 1. The zero-order chi connectivity index (χ0) is 13.8. The molecule has 0 atom stereocenters. The van der Waals surface area contributed by atoms with E-state index in [0.717, 1.165) is 36.3 Å². The van der Waals surface area contributed by atoms with E-state index in [2.05, 4.69) is 11.4 Å². The summed E-state index contributed by atoms with van der Waals surface area (Å²) in [7, 11) is 1.89. The molecule has 5 nitrogen and oxygen atoms in total. The van der Waals surface area contributed by atoms with Crippen molar-refractivity contribution in [2.45, 2.75) is 32.7 Å². The van der Waals surface area contributed by atoms with E-state index in [0.29, 0.717) is 19.6 Å². The van der Waals surface area contributed by atoms with Crippen LogP contribution in [0.2, 0.25) is 0 Å². The second kappa shape index (κ2) is 6.02. The van der Waals surface area contributed by atoms with Gasteiger partial charge in [0.1, 0.15) is 5.82 Å². The van der Waals surface area contributed by atoms with Crippen molar-refractivity contribution in [1.82, 2.24) is 10.3 Å². The van der Waals surface area contributed by atoms with E-state index in [1.165, 1.54) is 5.56 Å². The minimum absolute atomic E-state index is 0.00951. The molecule has 1 aromatic rings. The highest BCUT2D eigenvalue weighted by Gasteiger charge is 2.18. The number of fused-ring (bicyclic) bond motifs is 1.